The zero-order chi connectivity index (χ0) is 14.5. The van der Waals surface area contributed by atoms with Crippen molar-refractivity contribution in [3.8, 4) is 0 Å². The van der Waals surface area contributed by atoms with Gasteiger partial charge in [-0.15, -0.1) is 0 Å². The molecule has 0 aliphatic carbocycles. The number of hydrogen-bond donors (Lipinski definition) is 2. The van der Waals surface area contributed by atoms with Crippen molar-refractivity contribution < 1.29 is 8.78 Å². The van der Waals surface area contributed by atoms with Crippen molar-refractivity contribution in [3.63, 3.8) is 0 Å². The Labute approximate surface area is 116 Å². The number of halogens is 2. The quantitative estimate of drug-likeness (QED) is 0.877. The molecule has 4 nitrogen and oxygen atoms in total. The monoisotopic (exact) mass is 278 g/mol. The first kappa shape index (κ1) is 14.2. The Balaban J connectivity index is 2.21. The maximum Gasteiger partial charge on any atom is 0.224 e. The number of nitrogens with zero attached hydrogens (tertiary/aromatic N) is 2. The van der Waals surface area contributed by atoms with E-state index in [1.807, 2.05) is 13.8 Å². The predicted octanol–water partition coefficient (Wildman–Crippen LogP) is 3.63. The second-order valence-corrected chi connectivity index (χ2v) is 4.43. The average Bonchev–Trinajstić information content (AvgIpc) is 2.34. The molecule has 2 aromatic rings. The molecule has 0 bridgehead atoms. The van der Waals surface area contributed by atoms with Crippen LogP contribution in [-0.4, -0.2) is 16.5 Å². The van der Waals surface area contributed by atoms with Crippen LogP contribution < -0.4 is 10.6 Å². The van der Waals surface area contributed by atoms with Crippen LogP contribution in [0.15, 0.2) is 24.3 Å². The topological polar surface area (TPSA) is 49.8 Å². The third-order valence-electron chi connectivity index (χ3n) is 2.52. The van der Waals surface area contributed by atoms with Crippen LogP contribution in [0.5, 0.6) is 0 Å². The highest BCUT2D eigenvalue weighted by atomic mass is 19.1. The zero-order valence-electron chi connectivity index (χ0n) is 11.4. The molecule has 106 valence electrons. The fourth-order valence-corrected chi connectivity index (χ4v) is 1.72. The van der Waals surface area contributed by atoms with Gasteiger partial charge in [0.15, 0.2) is 0 Å². The first-order chi connectivity index (χ1) is 9.56. The largest absolute Gasteiger partial charge is 0.354 e. The minimum Gasteiger partial charge on any atom is -0.354 e. The van der Waals surface area contributed by atoms with Crippen LogP contribution in [-0.2, 0) is 0 Å². The Morgan fingerprint density at radius 3 is 2.40 bits per heavy atom. The van der Waals surface area contributed by atoms with E-state index in [4.69, 9.17) is 0 Å². The summed E-state index contributed by atoms with van der Waals surface area (Å²) in [6, 6.07) is 4.95. The van der Waals surface area contributed by atoms with Crippen LogP contribution in [0.2, 0.25) is 0 Å². The molecule has 0 radical (unpaired) electrons. The number of rotatable bonds is 5. The average molecular weight is 278 g/mol. The van der Waals surface area contributed by atoms with E-state index in [2.05, 4.69) is 20.6 Å². The summed E-state index contributed by atoms with van der Waals surface area (Å²) in [6.07, 6.45) is 0.954. The standard InChI is InChI=1S/C14H16F2N4/c1-3-4-17-14-18-9(2)5-13(20-14)19-12-7-10(15)6-11(16)8-12/h5-8H,3-4H2,1-2H3,(H2,17,18,19,20). The van der Waals surface area contributed by atoms with Crippen molar-refractivity contribution in [1.29, 1.82) is 0 Å². The Morgan fingerprint density at radius 2 is 1.75 bits per heavy atom. The van der Waals surface area contributed by atoms with Crippen LogP contribution in [0, 0.1) is 18.6 Å². The van der Waals surface area contributed by atoms with Crippen molar-refractivity contribution in [2.24, 2.45) is 0 Å². The first-order valence-electron chi connectivity index (χ1n) is 6.39. The third-order valence-corrected chi connectivity index (χ3v) is 2.52. The van der Waals surface area contributed by atoms with E-state index in [1.165, 1.54) is 12.1 Å². The smallest absolute Gasteiger partial charge is 0.224 e. The lowest BCUT2D eigenvalue weighted by molar-refractivity contribution is 0.584. The highest BCUT2D eigenvalue weighted by molar-refractivity contribution is 5.57. The van der Waals surface area contributed by atoms with E-state index in [-0.39, 0.29) is 0 Å². The Bertz CT molecular complexity index is 581. The van der Waals surface area contributed by atoms with E-state index in [0.717, 1.165) is 24.7 Å². The molecule has 0 unspecified atom stereocenters. The molecule has 2 rings (SSSR count). The van der Waals surface area contributed by atoms with Crippen LogP contribution in [0.1, 0.15) is 19.0 Å². The molecule has 6 heteroatoms. The Morgan fingerprint density at radius 1 is 1.05 bits per heavy atom. The Hall–Kier alpha value is -2.24. The molecule has 1 heterocycles. The van der Waals surface area contributed by atoms with Gasteiger partial charge >= 0.3 is 0 Å². The first-order valence-corrected chi connectivity index (χ1v) is 6.39. The van der Waals surface area contributed by atoms with Gasteiger partial charge in [0.2, 0.25) is 5.95 Å². The van der Waals surface area contributed by atoms with Crippen LogP contribution in [0.25, 0.3) is 0 Å². The van der Waals surface area contributed by atoms with Crippen molar-refractivity contribution in [1.82, 2.24) is 9.97 Å². The number of aryl methyl sites for hydroxylation is 1. The Kier molecular flexibility index (Phi) is 4.45. The maximum absolute atomic E-state index is 13.1. The second kappa shape index (κ2) is 6.27. The summed E-state index contributed by atoms with van der Waals surface area (Å²) in [5.41, 5.74) is 1.07. The molecular formula is C14H16F2N4. The summed E-state index contributed by atoms with van der Waals surface area (Å²) in [5.74, 6) is -0.294. The number of anilines is 3. The van der Waals surface area contributed by atoms with Gasteiger partial charge in [-0.05, 0) is 25.5 Å². The minimum atomic E-state index is -0.636. The summed E-state index contributed by atoms with van der Waals surface area (Å²) in [7, 11) is 0. The normalized spacial score (nSPS) is 10.4. The summed E-state index contributed by atoms with van der Waals surface area (Å²) < 4.78 is 26.3. The molecule has 20 heavy (non-hydrogen) atoms. The van der Waals surface area contributed by atoms with Gasteiger partial charge < -0.3 is 10.6 Å². The molecule has 0 saturated carbocycles. The highest BCUT2D eigenvalue weighted by Crippen LogP contribution is 2.19. The van der Waals surface area contributed by atoms with Gasteiger partial charge in [0, 0.05) is 30.1 Å². The molecular weight excluding hydrogens is 262 g/mol. The van der Waals surface area contributed by atoms with Gasteiger partial charge in [-0.3, -0.25) is 0 Å². The summed E-state index contributed by atoms with van der Waals surface area (Å²) in [5, 5.41) is 5.95. The highest BCUT2D eigenvalue weighted by Gasteiger charge is 2.05. The molecule has 0 aliphatic heterocycles. The van der Waals surface area contributed by atoms with Gasteiger partial charge in [0.25, 0.3) is 0 Å². The molecule has 0 saturated heterocycles. The second-order valence-electron chi connectivity index (χ2n) is 4.43. The lowest BCUT2D eigenvalue weighted by Gasteiger charge is -2.09. The van der Waals surface area contributed by atoms with Gasteiger partial charge in [-0.2, -0.15) is 4.98 Å². The molecule has 1 aromatic carbocycles. The molecule has 0 aliphatic rings. The van der Waals surface area contributed by atoms with Gasteiger partial charge in [-0.1, -0.05) is 6.92 Å². The molecule has 1 aromatic heterocycles. The fourth-order valence-electron chi connectivity index (χ4n) is 1.72. The molecule has 0 atom stereocenters. The van der Waals surface area contributed by atoms with Gasteiger partial charge in [0.1, 0.15) is 17.5 Å². The van der Waals surface area contributed by atoms with E-state index in [9.17, 15) is 8.78 Å². The summed E-state index contributed by atoms with van der Waals surface area (Å²) >= 11 is 0. The number of benzene rings is 1. The van der Waals surface area contributed by atoms with Crippen molar-refractivity contribution >= 4 is 17.5 Å². The summed E-state index contributed by atoms with van der Waals surface area (Å²) in [6.45, 7) is 4.63. The number of aromatic nitrogens is 2. The van der Waals surface area contributed by atoms with Crippen LogP contribution in [0.4, 0.5) is 26.2 Å². The molecule has 0 spiro atoms. The lowest BCUT2D eigenvalue weighted by Crippen LogP contribution is -2.07. The summed E-state index contributed by atoms with van der Waals surface area (Å²) in [4.78, 5) is 8.49. The van der Waals surface area contributed by atoms with E-state index < -0.39 is 11.6 Å². The molecule has 0 fully saturated rings. The van der Waals surface area contributed by atoms with E-state index in [1.54, 1.807) is 6.07 Å². The van der Waals surface area contributed by atoms with Crippen LogP contribution >= 0.6 is 0 Å². The van der Waals surface area contributed by atoms with Crippen LogP contribution in [0.3, 0.4) is 0 Å². The molecule has 2 N–H and O–H groups in total. The predicted molar refractivity (Wildman–Crippen MR) is 75.2 cm³/mol. The van der Waals surface area contributed by atoms with Crippen molar-refractivity contribution in [3.05, 3.63) is 41.6 Å². The molecule has 0 amide bonds. The SMILES string of the molecule is CCCNc1nc(C)cc(Nc2cc(F)cc(F)c2)n1. The third kappa shape index (κ3) is 3.88. The minimum absolute atomic E-state index is 0.307. The van der Waals surface area contributed by atoms with E-state index >= 15 is 0 Å². The fraction of sp³-hybridized carbons (Fsp3) is 0.286. The number of hydrogen-bond acceptors (Lipinski definition) is 4. The number of nitrogens with one attached hydrogen (secondary N) is 2. The maximum atomic E-state index is 13.1. The van der Waals surface area contributed by atoms with Gasteiger partial charge in [0.05, 0.1) is 0 Å². The van der Waals surface area contributed by atoms with Crippen molar-refractivity contribution in [2.75, 3.05) is 17.2 Å². The van der Waals surface area contributed by atoms with E-state index in [0.29, 0.717) is 17.5 Å². The zero-order valence-corrected chi connectivity index (χ0v) is 11.4. The van der Waals surface area contributed by atoms with Gasteiger partial charge in [-0.25, -0.2) is 13.8 Å². The van der Waals surface area contributed by atoms with Crippen molar-refractivity contribution in [2.45, 2.75) is 20.3 Å². The lowest BCUT2D eigenvalue weighted by atomic mass is 10.3.